The van der Waals surface area contributed by atoms with Crippen LogP contribution in [-0.4, -0.2) is 12.8 Å². The van der Waals surface area contributed by atoms with Crippen LogP contribution in [0, 0.1) is 6.92 Å². The van der Waals surface area contributed by atoms with Gasteiger partial charge in [-0.15, -0.1) is 0 Å². The second kappa shape index (κ2) is 5.41. The number of carbonyl (C=O) groups is 1. The molecule has 0 aromatic heterocycles. The molecule has 1 heterocycles. The summed E-state index contributed by atoms with van der Waals surface area (Å²) >= 11 is 3.59. The Hall–Kier alpha value is -1.61. The molecule has 0 aliphatic carbocycles. The first-order valence-electron chi connectivity index (χ1n) is 6.81. The van der Waals surface area contributed by atoms with Crippen LogP contribution < -0.4 is 4.90 Å². The molecule has 0 fully saturated rings. The number of nitrogens with zero attached hydrogens (tertiary/aromatic N) is 1. The molecule has 20 heavy (non-hydrogen) atoms. The van der Waals surface area contributed by atoms with Crippen LogP contribution in [0.2, 0.25) is 0 Å². The highest BCUT2D eigenvalue weighted by Gasteiger charge is 2.19. The Bertz CT molecular complexity index is 666. The number of anilines is 2. The summed E-state index contributed by atoms with van der Waals surface area (Å²) in [7, 11) is 0. The Kier molecular flexibility index (Phi) is 3.62. The Morgan fingerprint density at radius 2 is 1.95 bits per heavy atom. The van der Waals surface area contributed by atoms with Crippen molar-refractivity contribution >= 4 is 33.6 Å². The summed E-state index contributed by atoms with van der Waals surface area (Å²) in [6.07, 6.45) is 3.16. The molecule has 0 atom stereocenters. The highest BCUT2D eigenvalue weighted by atomic mass is 79.9. The SMILES string of the molecule is Cc1ccc2c(c1)CCCN2c1ccc(C=O)cc1Br. The summed E-state index contributed by atoms with van der Waals surface area (Å²) in [6.45, 7) is 3.14. The number of hydrogen-bond acceptors (Lipinski definition) is 2. The standard InChI is InChI=1S/C17H16BrNO/c1-12-4-6-16-14(9-12)3-2-8-19(16)17-7-5-13(11-20)10-15(17)18/h4-7,9-11H,2-3,8H2,1H3. The first-order chi connectivity index (χ1) is 9.69. The van der Waals surface area contributed by atoms with Crippen LogP contribution in [-0.2, 0) is 6.42 Å². The summed E-state index contributed by atoms with van der Waals surface area (Å²) in [5.41, 5.74) is 5.81. The third-order valence-corrected chi connectivity index (χ3v) is 4.39. The number of aryl methyl sites for hydroxylation is 2. The minimum Gasteiger partial charge on any atom is -0.340 e. The van der Waals surface area contributed by atoms with Crippen LogP contribution in [0.4, 0.5) is 11.4 Å². The molecule has 102 valence electrons. The molecule has 3 heteroatoms. The van der Waals surface area contributed by atoms with Crippen molar-refractivity contribution in [3.8, 4) is 0 Å². The first-order valence-corrected chi connectivity index (χ1v) is 7.60. The summed E-state index contributed by atoms with van der Waals surface area (Å²) in [5, 5.41) is 0. The number of benzene rings is 2. The summed E-state index contributed by atoms with van der Waals surface area (Å²) in [4.78, 5) is 13.2. The fraction of sp³-hybridized carbons (Fsp3) is 0.235. The molecule has 0 N–H and O–H groups in total. The van der Waals surface area contributed by atoms with Crippen LogP contribution in [0.25, 0.3) is 0 Å². The van der Waals surface area contributed by atoms with Gasteiger partial charge in [-0.25, -0.2) is 0 Å². The second-order valence-electron chi connectivity index (χ2n) is 5.22. The Morgan fingerprint density at radius 1 is 1.15 bits per heavy atom. The quantitative estimate of drug-likeness (QED) is 0.747. The minimum atomic E-state index is 0.696. The molecular weight excluding hydrogens is 314 g/mol. The largest absolute Gasteiger partial charge is 0.340 e. The van der Waals surface area contributed by atoms with Crippen LogP contribution in [0.5, 0.6) is 0 Å². The van der Waals surface area contributed by atoms with Crippen molar-refractivity contribution in [3.05, 3.63) is 57.6 Å². The third-order valence-electron chi connectivity index (χ3n) is 3.75. The maximum atomic E-state index is 10.8. The number of hydrogen-bond donors (Lipinski definition) is 0. The maximum absolute atomic E-state index is 10.8. The third kappa shape index (κ3) is 2.38. The lowest BCUT2D eigenvalue weighted by Gasteiger charge is -2.32. The van der Waals surface area contributed by atoms with E-state index in [0.717, 1.165) is 35.8 Å². The van der Waals surface area contributed by atoms with Crippen LogP contribution >= 0.6 is 15.9 Å². The number of aldehydes is 1. The summed E-state index contributed by atoms with van der Waals surface area (Å²) in [6, 6.07) is 12.4. The van der Waals surface area contributed by atoms with E-state index in [1.807, 2.05) is 18.2 Å². The van der Waals surface area contributed by atoms with E-state index in [9.17, 15) is 4.79 Å². The number of rotatable bonds is 2. The van der Waals surface area contributed by atoms with Gasteiger partial charge in [0, 0.05) is 22.3 Å². The lowest BCUT2D eigenvalue weighted by atomic mass is 9.99. The molecule has 2 aromatic carbocycles. The Labute approximate surface area is 127 Å². The van der Waals surface area contributed by atoms with Crippen molar-refractivity contribution in [1.82, 2.24) is 0 Å². The molecule has 0 saturated heterocycles. The average Bonchev–Trinajstić information content (AvgIpc) is 2.46. The molecule has 2 nitrogen and oxygen atoms in total. The number of halogens is 1. The molecular formula is C17H16BrNO. The van der Waals surface area contributed by atoms with Gasteiger partial charge in [0.2, 0.25) is 0 Å². The number of carbonyl (C=O) groups excluding carboxylic acids is 1. The lowest BCUT2D eigenvalue weighted by molar-refractivity contribution is 0.112. The molecule has 1 aliphatic heterocycles. The zero-order valence-electron chi connectivity index (χ0n) is 11.4. The van der Waals surface area contributed by atoms with Crippen molar-refractivity contribution in [2.75, 3.05) is 11.4 Å². The van der Waals surface area contributed by atoms with E-state index in [0.29, 0.717) is 5.56 Å². The predicted octanol–water partition coefficient (Wildman–Crippen LogP) is 4.65. The second-order valence-corrected chi connectivity index (χ2v) is 6.07. The molecule has 0 saturated carbocycles. The van der Waals surface area contributed by atoms with Gasteiger partial charge in [-0.05, 0) is 65.5 Å². The van der Waals surface area contributed by atoms with Gasteiger partial charge >= 0.3 is 0 Å². The van der Waals surface area contributed by atoms with E-state index in [2.05, 4.69) is 46.0 Å². The molecule has 2 aromatic rings. The smallest absolute Gasteiger partial charge is 0.150 e. The molecule has 3 rings (SSSR count). The monoisotopic (exact) mass is 329 g/mol. The zero-order valence-corrected chi connectivity index (χ0v) is 13.0. The fourth-order valence-electron chi connectivity index (χ4n) is 2.79. The van der Waals surface area contributed by atoms with Gasteiger partial charge < -0.3 is 4.90 Å². The maximum Gasteiger partial charge on any atom is 0.150 e. The van der Waals surface area contributed by atoms with Gasteiger partial charge in [0.25, 0.3) is 0 Å². The molecule has 0 amide bonds. The van der Waals surface area contributed by atoms with Gasteiger partial charge in [-0.3, -0.25) is 4.79 Å². The van der Waals surface area contributed by atoms with Crippen LogP contribution in [0.3, 0.4) is 0 Å². The average molecular weight is 330 g/mol. The molecule has 0 radical (unpaired) electrons. The molecule has 0 spiro atoms. The van der Waals surface area contributed by atoms with E-state index in [1.54, 1.807) is 0 Å². The van der Waals surface area contributed by atoms with E-state index >= 15 is 0 Å². The van der Waals surface area contributed by atoms with Gasteiger partial charge in [-0.2, -0.15) is 0 Å². The fourth-order valence-corrected chi connectivity index (χ4v) is 3.40. The van der Waals surface area contributed by atoms with Crippen LogP contribution in [0.15, 0.2) is 40.9 Å². The molecule has 1 aliphatic rings. The Balaban J connectivity index is 2.06. The predicted molar refractivity (Wildman–Crippen MR) is 86.0 cm³/mol. The molecule has 0 bridgehead atoms. The highest BCUT2D eigenvalue weighted by molar-refractivity contribution is 9.10. The van der Waals surface area contributed by atoms with E-state index in [1.165, 1.54) is 16.8 Å². The van der Waals surface area contributed by atoms with Crippen LogP contribution in [0.1, 0.15) is 27.9 Å². The normalized spacial score (nSPS) is 14.0. The first kappa shape index (κ1) is 13.4. The van der Waals surface area contributed by atoms with E-state index in [4.69, 9.17) is 0 Å². The lowest BCUT2D eigenvalue weighted by Crippen LogP contribution is -2.24. The Morgan fingerprint density at radius 3 is 2.70 bits per heavy atom. The molecule has 0 unspecified atom stereocenters. The van der Waals surface area contributed by atoms with E-state index in [-0.39, 0.29) is 0 Å². The summed E-state index contributed by atoms with van der Waals surface area (Å²) in [5.74, 6) is 0. The van der Waals surface area contributed by atoms with Crippen molar-refractivity contribution in [2.24, 2.45) is 0 Å². The van der Waals surface area contributed by atoms with Gasteiger partial charge in [-0.1, -0.05) is 17.7 Å². The van der Waals surface area contributed by atoms with Gasteiger partial charge in [0.1, 0.15) is 6.29 Å². The number of fused-ring (bicyclic) bond motifs is 1. The minimum absolute atomic E-state index is 0.696. The zero-order chi connectivity index (χ0) is 14.1. The van der Waals surface area contributed by atoms with Gasteiger partial charge in [0.05, 0.1) is 5.69 Å². The summed E-state index contributed by atoms with van der Waals surface area (Å²) < 4.78 is 0.968. The van der Waals surface area contributed by atoms with Gasteiger partial charge in [0.15, 0.2) is 0 Å². The van der Waals surface area contributed by atoms with Crippen molar-refractivity contribution in [2.45, 2.75) is 19.8 Å². The van der Waals surface area contributed by atoms with Crippen molar-refractivity contribution in [1.29, 1.82) is 0 Å². The topological polar surface area (TPSA) is 20.3 Å². The highest BCUT2D eigenvalue weighted by Crippen LogP contribution is 2.37. The van der Waals surface area contributed by atoms with E-state index < -0.39 is 0 Å². The van der Waals surface area contributed by atoms with Crippen molar-refractivity contribution in [3.63, 3.8) is 0 Å². The van der Waals surface area contributed by atoms with Crippen molar-refractivity contribution < 1.29 is 4.79 Å².